The first-order chi connectivity index (χ1) is 15.7. The Balaban J connectivity index is 1.40. The number of nitrogens with zero attached hydrogens (tertiary/aromatic N) is 5. The Hall–Kier alpha value is -2.58. The number of pyridine rings is 1. The third kappa shape index (κ3) is 4.76. The van der Waals surface area contributed by atoms with Gasteiger partial charge in [0.2, 0.25) is 0 Å². The monoisotopic (exact) mass is 436 g/mol. The highest BCUT2D eigenvalue weighted by atomic mass is 16.5. The summed E-state index contributed by atoms with van der Waals surface area (Å²) >= 11 is 0. The van der Waals surface area contributed by atoms with Crippen molar-refractivity contribution in [3.05, 3.63) is 51.6 Å². The number of hydrogen-bond acceptors (Lipinski definition) is 6. The third-order valence-electron chi connectivity index (χ3n) is 6.80. The van der Waals surface area contributed by atoms with Crippen LogP contribution in [0.2, 0.25) is 0 Å². The maximum atomic E-state index is 12.8. The minimum atomic E-state index is -0.0365. The predicted molar refractivity (Wildman–Crippen MR) is 122 cm³/mol. The summed E-state index contributed by atoms with van der Waals surface area (Å²) < 4.78 is 7.94. The Morgan fingerprint density at radius 2 is 2.00 bits per heavy atom. The zero-order chi connectivity index (χ0) is 21.9. The van der Waals surface area contributed by atoms with Gasteiger partial charge in [-0.15, -0.1) is 5.10 Å². The second-order valence-corrected chi connectivity index (χ2v) is 9.35. The normalized spacial score (nSPS) is 19.9. The van der Waals surface area contributed by atoms with E-state index in [-0.39, 0.29) is 11.7 Å². The van der Waals surface area contributed by atoms with Crippen molar-refractivity contribution in [2.75, 3.05) is 13.2 Å². The molecule has 3 heterocycles. The Kier molecular flexibility index (Phi) is 6.32. The summed E-state index contributed by atoms with van der Waals surface area (Å²) in [5.41, 5.74) is 2.78. The maximum absolute atomic E-state index is 12.8. The number of benzene rings is 1. The molecule has 1 saturated heterocycles. The smallest absolute Gasteiger partial charge is 0.252 e. The van der Waals surface area contributed by atoms with Crippen molar-refractivity contribution in [1.29, 1.82) is 0 Å². The molecule has 0 radical (unpaired) electrons. The van der Waals surface area contributed by atoms with Gasteiger partial charge in [0, 0.05) is 30.8 Å². The molecule has 0 unspecified atom stereocenters. The van der Waals surface area contributed by atoms with Gasteiger partial charge in [-0.2, -0.15) is 0 Å². The van der Waals surface area contributed by atoms with Crippen molar-refractivity contribution in [3.8, 4) is 0 Å². The van der Waals surface area contributed by atoms with E-state index in [9.17, 15) is 4.79 Å². The van der Waals surface area contributed by atoms with E-state index in [2.05, 4.69) is 38.4 Å². The molecule has 2 aliphatic rings. The lowest BCUT2D eigenvalue weighted by molar-refractivity contribution is 0.0659. The number of hydrogen-bond donors (Lipinski definition) is 1. The maximum Gasteiger partial charge on any atom is 0.252 e. The molecule has 8 nitrogen and oxygen atoms in total. The van der Waals surface area contributed by atoms with Gasteiger partial charge in [-0.25, -0.2) is 4.68 Å². The van der Waals surface area contributed by atoms with Crippen molar-refractivity contribution in [3.63, 3.8) is 0 Å². The molecule has 2 fully saturated rings. The summed E-state index contributed by atoms with van der Waals surface area (Å²) in [5, 5.41) is 13.7. The van der Waals surface area contributed by atoms with Crippen LogP contribution in [0.3, 0.4) is 0 Å². The summed E-state index contributed by atoms with van der Waals surface area (Å²) in [7, 11) is 0. The number of ether oxygens (including phenoxy) is 1. The summed E-state index contributed by atoms with van der Waals surface area (Å²) in [4.78, 5) is 18.2. The molecule has 1 N–H and O–H groups in total. The molecule has 5 rings (SSSR count). The molecule has 0 amide bonds. The van der Waals surface area contributed by atoms with E-state index in [1.165, 1.54) is 24.8 Å². The van der Waals surface area contributed by atoms with Crippen LogP contribution in [0.4, 0.5) is 0 Å². The third-order valence-corrected chi connectivity index (χ3v) is 6.80. The van der Waals surface area contributed by atoms with Gasteiger partial charge in [0.25, 0.3) is 5.56 Å². The molecule has 1 saturated carbocycles. The summed E-state index contributed by atoms with van der Waals surface area (Å²) in [6.07, 6.45) is 8.36. The van der Waals surface area contributed by atoms with Crippen LogP contribution in [0, 0.1) is 6.92 Å². The van der Waals surface area contributed by atoms with Gasteiger partial charge < -0.3 is 9.72 Å². The zero-order valence-corrected chi connectivity index (χ0v) is 18.8. The highest BCUT2D eigenvalue weighted by molar-refractivity contribution is 5.79. The Bertz CT molecular complexity index is 1110. The number of aryl methyl sites for hydroxylation is 1. The Morgan fingerprint density at radius 1 is 1.12 bits per heavy atom. The van der Waals surface area contributed by atoms with Crippen LogP contribution in [0.15, 0.2) is 29.1 Å². The molecule has 1 atom stereocenters. The van der Waals surface area contributed by atoms with E-state index >= 15 is 0 Å². The van der Waals surface area contributed by atoms with E-state index in [1.807, 2.05) is 22.9 Å². The molecule has 170 valence electrons. The molecule has 32 heavy (non-hydrogen) atoms. The van der Waals surface area contributed by atoms with Gasteiger partial charge in [0.15, 0.2) is 5.82 Å². The molecule has 0 spiro atoms. The summed E-state index contributed by atoms with van der Waals surface area (Å²) in [6.45, 7) is 4.79. The average Bonchev–Trinajstić information content (AvgIpc) is 3.47. The Morgan fingerprint density at radius 3 is 2.81 bits per heavy atom. The van der Waals surface area contributed by atoms with Crippen molar-refractivity contribution < 1.29 is 4.74 Å². The number of H-pyrrole nitrogens is 1. The number of nitrogens with one attached hydrogen (secondary N) is 1. The zero-order valence-electron chi connectivity index (χ0n) is 18.8. The van der Waals surface area contributed by atoms with Crippen LogP contribution in [-0.4, -0.2) is 49.3 Å². The second kappa shape index (κ2) is 9.50. The van der Waals surface area contributed by atoms with E-state index in [0.29, 0.717) is 19.1 Å². The Labute approximate surface area is 188 Å². The first-order valence-electron chi connectivity index (χ1n) is 11.9. The number of aromatic nitrogens is 5. The number of tetrazole rings is 1. The molecular weight excluding hydrogens is 404 g/mol. The van der Waals surface area contributed by atoms with Crippen molar-refractivity contribution in [2.45, 2.75) is 77.1 Å². The van der Waals surface area contributed by atoms with E-state index < -0.39 is 0 Å². The van der Waals surface area contributed by atoms with Crippen molar-refractivity contribution in [1.82, 2.24) is 30.1 Å². The fourth-order valence-corrected chi connectivity index (χ4v) is 5.12. The van der Waals surface area contributed by atoms with E-state index in [4.69, 9.17) is 4.74 Å². The molecule has 1 aliphatic carbocycles. The van der Waals surface area contributed by atoms with Gasteiger partial charge in [0.05, 0.1) is 18.7 Å². The number of aromatic amines is 1. The highest BCUT2D eigenvalue weighted by Gasteiger charge is 2.25. The lowest BCUT2D eigenvalue weighted by Crippen LogP contribution is -2.34. The molecule has 2 aromatic heterocycles. The topological polar surface area (TPSA) is 88.9 Å². The SMILES string of the molecule is Cc1ccc2[nH]c(=O)c(CN(Cc3nnnn3C3CCCCC3)C[C@@H]3CCCO3)cc2c1. The van der Waals surface area contributed by atoms with Crippen LogP contribution in [-0.2, 0) is 17.8 Å². The molecule has 3 aromatic rings. The lowest BCUT2D eigenvalue weighted by Gasteiger charge is -2.27. The van der Waals surface area contributed by atoms with Crippen LogP contribution in [0.1, 0.15) is 67.9 Å². The van der Waals surface area contributed by atoms with Crippen LogP contribution < -0.4 is 5.56 Å². The van der Waals surface area contributed by atoms with Gasteiger partial charge in [-0.1, -0.05) is 30.9 Å². The fraction of sp³-hybridized carbons (Fsp3) is 0.583. The first kappa shape index (κ1) is 21.3. The molecular formula is C24H32N6O2. The first-order valence-corrected chi connectivity index (χ1v) is 11.9. The lowest BCUT2D eigenvalue weighted by atomic mass is 9.95. The predicted octanol–water partition coefficient (Wildman–Crippen LogP) is 3.51. The highest BCUT2D eigenvalue weighted by Crippen LogP contribution is 2.28. The fourth-order valence-electron chi connectivity index (χ4n) is 5.12. The standard InChI is InChI=1S/C24H32N6O2/c1-17-9-10-22-18(12-17)13-19(24(31)25-22)14-29(15-21-8-5-11-32-21)16-23-26-27-28-30(23)20-6-3-2-4-7-20/h9-10,12-13,20-21H,2-8,11,14-16H2,1H3,(H,25,31)/t21-/m0/s1. The number of rotatable bonds is 7. The molecule has 0 bridgehead atoms. The molecule has 1 aliphatic heterocycles. The summed E-state index contributed by atoms with van der Waals surface area (Å²) in [6, 6.07) is 8.51. The van der Waals surface area contributed by atoms with Crippen LogP contribution >= 0.6 is 0 Å². The quantitative estimate of drug-likeness (QED) is 0.610. The summed E-state index contributed by atoms with van der Waals surface area (Å²) in [5.74, 6) is 0.878. The van der Waals surface area contributed by atoms with Crippen molar-refractivity contribution in [2.24, 2.45) is 0 Å². The number of fused-ring (bicyclic) bond motifs is 1. The van der Waals surface area contributed by atoms with Crippen LogP contribution in [0.5, 0.6) is 0 Å². The van der Waals surface area contributed by atoms with Gasteiger partial charge >= 0.3 is 0 Å². The van der Waals surface area contributed by atoms with E-state index in [0.717, 1.165) is 61.1 Å². The van der Waals surface area contributed by atoms with Crippen LogP contribution in [0.25, 0.3) is 10.9 Å². The minimum absolute atomic E-state index is 0.0365. The molecule has 1 aromatic carbocycles. The largest absolute Gasteiger partial charge is 0.377 e. The van der Waals surface area contributed by atoms with Crippen molar-refractivity contribution >= 4 is 10.9 Å². The minimum Gasteiger partial charge on any atom is -0.377 e. The second-order valence-electron chi connectivity index (χ2n) is 9.35. The molecule has 8 heteroatoms. The van der Waals surface area contributed by atoms with E-state index in [1.54, 1.807) is 0 Å². The van der Waals surface area contributed by atoms with Gasteiger partial charge in [0.1, 0.15) is 0 Å². The van der Waals surface area contributed by atoms with Gasteiger partial charge in [-0.05, 0) is 66.6 Å². The van der Waals surface area contributed by atoms with Gasteiger partial charge in [-0.3, -0.25) is 9.69 Å². The average molecular weight is 437 g/mol.